The lowest BCUT2D eigenvalue weighted by atomic mass is 10.1. The molecule has 8 nitrogen and oxygen atoms in total. The number of nitrogens with zero attached hydrogens (tertiary/aromatic N) is 5. The first-order valence-electron chi connectivity index (χ1n) is 9.40. The predicted molar refractivity (Wildman–Crippen MR) is 114 cm³/mol. The van der Waals surface area contributed by atoms with Crippen LogP contribution in [0.15, 0.2) is 59.8 Å². The Labute approximate surface area is 167 Å². The zero-order chi connectivity index (χ0) is 19.8. The van der Waals surface area contributed by atoms with Crippen LogP contribution in [-0.2, 0) is 6.54 Å². The van der Waals surface area contributed by atoms with E-state index in [0.29, 0.717) is 18.2 Å². The van der Waals surface area contributed by atoms with Gasteiger partial charge in [0.15, 0.2) is 11.5 Å². The molecule has 0 fully saturated rings. The van der Waals surface area contributed by atoms with Gasteiger partial charge < -0.3 is 16.9 Å². The van der Waals surface area contributed by atoms with Crippen molar-refractivity contribution >= 4 is 23.2 Å². The molecular formula is C21H20N8. The molecule has 1 aromatic carbocycles. The van der Waals surface area contributed by atoms with E-state index in [1.54, 1.807) is 6.20 Å². The molecule has 0 saturated carbocycles. The summed E-state index contributed by atoms with van der Waals surface area (Å²) in [5.74, 6) is 1.26. The van der Waals surface area contributed by atoms with Gasteiger partial charge in [-0.05, 0) is 42.0 Å². The molecule has 3 aromatic heterocycles. The number of aromatic nitrogens is 4. The van der Waals surface area contributed by atoms with Crippen molar-refractivity contribution in [3.05, 3.63) is 66.0 Å². The monoisotopic (exact) mass is 384 g/mol. The average Bonchev–Trinajstić information content (AvgIpc) is 3.42. The molecular weight excluding hydrogens is 364 g/mol. The van der Waals surface area contributed by atoms with E-state index in [9.17, 15) is 0 Å². The molecule has 1 aliphatic rings. The van der Waals surface area contributed by atoms with Gasteiger partial charge in [0, 0.05) is 31.2 Å². The minimum atomic E-state index is 0.134. The summed E-state index contributed by atoms with van der Waals surface area (Å²) < 4.78 is 2.02. The molecule has 4 aromatic rings. The first-order chi connectivity index (χ1) is 14.2. The number of pyridine rings is 2. The van der Waals surface area contributed by atoms with Crippen molar-refractivity contribution in [1.82, 2.24) is 24.9 Å². The van der Waals surface area contributed by atoms with E-state index in [2.05, 4.69) is 15.5 Å². The number of anilines is 1. The fourth-order valence-electron chi connectivity index (χ4n) is 3.52. The summed E-state index contributed by atoms with van der Waals surface area (Å²) in [5.41, 5.74) is 20.2. The summed E-state index contributed by atoms with van der Waals surface area (Å²) in [5, 5.41) is 4.11. The maximum Gasteiger partial charge on any atom is 0.165 e. The van der Waals surface area contributed by atoms with Gasteiger partial charge in [0.2, 0.25) is 0 Å². The number of hydrogen-bond donors (Lipinski definition) is 3. The van der Waals surface area contributed by atoms with E-state index in [1.807, 2.05) is 59.3 Å². The van der Waals surface area contributed by atoms with Crippen LogP contribution in [0.2, 0.25) is 0 Å². The van der Waals surface area contributed by atoms with Crippen LogP contribution in [0.5, 0.6) is 0 Å². The van der Waals surface area contributed by atoms with Crippen molar-refractivity contribution < 1.29 is 0 Å². The number of hydrogen-bond acceptors (Lipinski definition) is 7. The largest absolute Gasteiger partial charge is 0.383 e. The third kappa shape index (κ3) is 2.99. The Hall–Kier alpha value is -3.78. The summed E-state index contributed by atoms with van der Waals surface area (Å²) in [7, 11) is 0. The second-order valence-corrected chi connectivity index (χ2v) is 6.90. The first-order valence-corrected chi connectivity index (χ1v) is 9.40. The SMILES string of the molecule is NCc1ccc(-n2c(-c3cccnc3N)nc3ccc(C4C=NNC4)nc32)cc1. The molecule has 0 saturated heterocycles. The highest BCUT2D eigenvalue weighted by Crippen LogP contribution is 2.31. The summed E-state index contributed by atoms with van der Waals surface area (Å²) >= 11 is 0. The lowest BCUT2D eigenvalue weighted by Gasteiger charge is -2.12. The molecule has 4 heterocycles. The molecule has 1 unspecified atom stereocenters. The standard InChI is InChI=1S/C21H20N8/c22-10-13-3-5-15(6-4-13)29-20(16-2-1-9-24-19(16)23)28-18-8-7-17(27-21(18)29)14-11-25-26-12-14/h1-9,11,14,26H,10,12,22H2,(H2,23,24). The minimum Gasteiger partial charge on any atom is -0.383 e. The Balaban J connectivity index is 1.76. The molecule has 0 spiro atoms. The Kier molecular flexibility index (Phi) is 4.18. The maximum absolute atomic E-state index is 6.17. The lowest BCUT2D eigenvalue weighted by Crippen LogP contribution is -2.10. The number of hydrazone groups is 1. The van der Waals surface area contributed by atoms with Crippen LogP contribution in [-0.4, -0.2) is 32.3 Å². The molecule has 0 radical (unpaired) electrons. The van der Waals surface area contributed by atoms with Crippen LogP contribution >= 0.6 is 0 Å². The quantitative estimate of drug-likeness (QED) is 0.496. The number of rotatable bonds is 4. The summed E-state index contributed by atoms with van der Waals surface area (Å²) in [6.07, 6.45) is 3.55. The van der Waals surface area contributed by atoms with Gasteiger partial charge in [0.1, 0.15) is 11.3 Å². The third-order valence-corrected chi connectivity index (χ3v) is 5.07. The Bertz CT molecular complexity index is 1210. The van der Waals surface area contributed by atoms with E-state index in [0.717, 1.165) is 40.2 Å². The summed E-state index contributed by atoms with van der Waals surface area (Å²) in [6, 6.07) is 15.8. The van der Waals surface area contributed by atoms with E-state index >= 15 is 0 Å². The van der Waals surface area contributed by atoms with Crippen LogP contribution in [0.4, 0.5) is 5.82 Å². The normalized spacial score (nSPS) is 15.7. The Morgan fingerprint density at radius 1 is 1.07 bits per heavy atom. The van der Waals surface area contributed by atoms with Crippen LogP contribution in [0.25, 0.3) is 28.2 Å². The van der Waals surface area contributed by atoms with Crippen LogP contribution in [0.3, 0.4) is 0 Å². The Morgan fingerprint density at radius 2 is 1.93 bits per heavy atom. The van der Waals surface area contributed by atoms with Crippen LogP contribution in [0, 0.1) is 0 Å². The molecule has 144 valence electrons. The van der Waals surface area contributed by atoms with Gasteiger partial charge in [-0.1, -0.05) is 12.1 Å². The molecule has 1 aliphatic heterocycles. The second-order valence-electron chi connectivity index (χ2n) is 6.90. The van der Waals surface area contributed by atoms with E-state index in [1.165, 1.54) is 0 Å². The smallest absolute Gasteiger partial charge is 0.165 e. The van der Waals surface area contributed by atoms with Crippen molar-refractivity contribution in [2.75, 3.05) is 12.3 Å². The highest BCUT2D eigenvalue weighted by molar-refractivity contribution is 5.83. The number of nitrogen functional groups attached to an aromatic ring is 1. The van der Waals surface area contributed by atoms with Crippen molar-refractivity contribution in [1.29, 1.82) is 0 Å². The van der Waals surface area contributed by atoms with E-state index in [-0.39, 0.29) is 5.92 Å². The van der Waals surface area contributed by atoms with Crippen LogP contribution < -0.4 is 16.9 Å². The highest BCUT2D eigenvalue weighted by atomic mass is 15.3. The van der Waals surface area contributed by atoms with Gasteiger partial charge in [0.25, 0.3) is 0 Å². The number of nitrogens with two attached hydrogens (primary N) is 2. The van der Waals surface area contributed by atoms with Gasteiger partial charge >= 0.3 is 0 Å². The molecule has 5 rings (SSSR count). The van der Waals surface area contributed by atoms with Gasteiger partial charge in [-0.15, -0.1) is 0 Å². The zero-order valence-electron chi connectivity index (χ0n) is 15.7. The highest BCUT2D eigenvalue weighted by Gasteiger charge is 2.21. The minimum absolute atomic E-state index is 0.134. The van der Waals surface area contributed by atoms with Gasteiger partial charge in [0.05, 0.1) is 17.2 Å². The second kappa shape index (κ2) is 6.99. The Morgan fingerprint density at radius 3 is 2.66 bits per heavy atom. The van der Waals surface area contributed by atoms with Crippen molar-refractivity contribution in [2.45, 2.75) is 12.5 Å². The van der Waals surface area contributed by atoms with Crippen molar-refractivity contribution in [3.8, 4) is 17.1 Å². The molecule has 5 N–H and O–H groups in total. The fourth-order valence-corrected chi connectivity index (χ4v) is 3.52. The van der Waals surface area contributed by atoms with Crippen molar-refractivity contribution in [3.63, 3.8) is 0 Å². The fraction of sp³-hybridized carbons (Fsp3) is 0.143. The zero-order valence-corrected chi connectivity index (χ0v) is 15.7. The third-order valence-electron chi connectivity index (χ3n) is 5.07. The molecule has 1 atom stereocenters. The number of fused-ring (bicyclic) bond motifs is 1. The maximum atomic E-state index is 6.17. The average molecular weight is 384 g/mol. The summed E-state index contributed by atoms with van der Waals surface area (Å²) in [4.78, 5) is 14.0. The summed E-state index contributed by atoms with van der Waals surface area (Å²) in [6.45, 7) is 1.23. The molecule has 0 amide bonds. The number of benzene rings is 1. The number of nitrogens with one attached hydrogen (secondary N) is 1. The van der Waals surface area contributed by atoms with Gasteiger partial charge in [-0.3, -0.25) is 4.57 Å². The number of imidazole rings is 1. The van der Waals surface area contributed by atoms with Gasteiger partial charge in [-0.2, -0.15) is 5.10 Å². The van der Waals surface area contributed by atoms with E-state index in [4.69, 9.17) is 21.4 Å². The topological polar surface area (TPSA) is 120 Å². The van der Waals surface area contributed by atoms with E-state index < -0.39 is 0 Å². The first kappa shape index (κ1) is 17.3. The van der Waals surface area contributed by atoms with Crippen LogP contribution in [0.1, 0.15) is 17.2 Å². The molecule has 0 aliphatic carbocycles. The molecule has 29 heavy (non-hydrogen) atoms. The molecule has 0 bridgehead atoms. The molecule has 8 heteroatoms. The lowest BCUT2D eigenvalue weighted by molar-refractivity contribution is 0.753. The van der Waals surface area contributed by atoms with Crippen molar-refractivity contribution in [2.24, 2.45) is 10.8 Å². The predicted octanol–water partition coefficient (Wildman–Crippen LogP) is 2.20. The van der Waals surface area contributed by atoms with Gasteiger partial charge in [-0.25, -0.2) is 15.0 Å².